The predicted molar refractivity (Wildman–Crippen MR) is 113 cm³/mol. The number of esters is 1. The van der Waals surface area contributed by atoms with Crippen LogP contribution >= 0.6 is 0 Å². The zero-order valence-corrected chi connectivity index (χ0v) is 17.3. The number of carbonyl (C=O) groups is 4. The number of non-ortho nitro benzene ring substituents is 1. The second-order valence-corrected chi connectivity index (χ2v) is 7.55. The highest BCUT2D eigenvalue weighted by Gasteiger charge is 2.38. The summed E-state index contributed by atoms with van der Waals surface area (Å²) in [6.07, 6.45) is 1.45. The largest absolute Gasteiger partial charge is 0.452 e. The molecule has 0 unspecified atom stereocenters. The van der Waals surface area contributed by atoms with E-state index in [-0.39, 0.29) is 40.7 Å². The van der Waals surface area contributed by atoms with Crippen LogP contribution in [0.4, 0.5) is 11.4 Å². The van der Waals surface area contributed by atoms with E-state index >= 15 is 0 Å². The fourth-order valence-electron chi connectivity index (χ4n) is 3.68. The molecule has 0 spiro atoms. The van der Waals surface area contributed by atoms with Gasteiger partial charge in [-0.3, -0.25) is 29.4 Å². The molecular weight excluding hydrogens is 434 g/mol. The number of nitro groups is 1. The van der Waals surface area contributed by atoms with Crippen molar-refractivity contribution in [2.24, 2.45) is 0 Å². The third kappa shape index (κ3) is 4.72. The fourth-order valence-corrected chi connectivity index (χ4v) is 3.68. The van der Waals surface area contributed by atoms with Gasteiger partial charge in [-0.05, 0) is 37.1 Å². The van der Waals surface area contributed by atoms with Gasteiger partial charge in [-0.1, -0.05) is 6.07 Å². The lowest BCUT2D eigenvalue weighted by Gasteiger charge is -2.17. The first-order valence-corrected chi connectivity index (χ1v) is 10.2. The number of imide groups is 1. The van der Waals surface area contributed by atoms with Crippen LogP contribution < -0.4 is 5.32 Å². The van der Waals surface area contributed by atoms with Gasteiger partial charge in [0.15, 0.2) is 6.61 Å². The van der Waals surface area contributed by atoms with Gasteiger partial charge in [-0.2, -0.15) is 0 Å². The highest BCUT2D eigenvalue weighted by Crippen LogP contribution is 2.26. The summed E-state index contributed by atoms with van der Waals surface area (Å²) in [5, 5.41) is 13.2. The molecular formula is C22H19N3O8. The summed E-state index contributed by atoms with van der Waals surface area (Å²) in [5.41, 5.74) is 0.275. The number of ether oxygens (including phenoxy) is 2. The van der Waals surface area contributed by atoms with Gasteiger partial charge in [0.2, 0.25) is 0 Å². The van der Waals surface area contributed by atoms with Crippen molar-refractivity contribution in [2.45, 2.75) is 18.9 Å². The summed E-state index contributed by atoms with van der Waals surface area (Å²) in [5.74, 6) is -2.51. The number of hydrogen-bond acceptors (Lipinski definition) is 8. The molecule has 1 N–H and O–H groups in total. The molecule has 2 aromatic rings. The molecule has 33 heavy (non-hydrogen) atoms. The Kier molecular flexibility index (Phi) is 6.13. The maximum atomic E-state index is 12.7. The highest BCUT2D eigenvalue weighted by molar-refractivity contribution is 6.22. The van der Waals surface area contributed by atoms with E-state index in [4.69, 9.17) is 9.47 Å². The third-order valence-electron chi connectivity index (χ3n) is 5.29. The molecule has 170 valence electrons. The summed E-state index contributed by atoms with van der Waals surface area (Å²) in [6.45, 7) is 0.110. The molecule has 0 saturated carbocycles. The van der Waals surface area contributed by atoms with Gasteiger partial charge < -0.3 is 14.8 Å². The van der Waals surface area contributed by atoms with Crippen LogP contribution in [0, 0.1) is 10.1 Å². The monoisotopic (exact) mass is 453 g/mol. The van der Waals surface area contributed by atoms with Crippen molar-refractivity contribution < 1.29 is 33.6 Å². The normalized spacial score (nSPS) is 17.1. The van der Waals surface area contributed by atoms with Gasteiger partial charge in [-0.25, -0.2) is 4.79 Å². The van der Waals surface area contributed by atoms with Gasteiger partial charge in [0, 0.05) is 24.4 Å². The molecule has 2 aliphatic rings. The Labute approximate surface area is 187 Å². The summed E-state index contributed by atoms with van der Waals surface area (Å²) in [4.78, 5) is 61.0. The molecule has 11 nitrogen and oxygen atoms in total. The second kappa shape index (κ2) is 9.17. The van der Waals surface area contributed by atoms with E-state index in [2.05, 4.69) is 5.32 Å². The first-order valence-electron chi connectivity index (χ1n) is 10.2. The summed E-state index contributed by atoms with van der Waals surface area (Å²) >= 11 is 0. The average molecular weight is 453 g/mol. The Morgan fingerprint density at radius 3 is 2.67 bits per heavy atom. The molecule has 2 aliphatic heterocycles. The molecule has 2 aromatic carbocycles. The van der Waals surface area contributed by atoms with Crippen LogP contribution in [0.2, 0.25) is 0 Å². The van der Waals surface area contributed by atoms with E-state index in [9.17, 15) is 29.3 Å². The number of nitrogens with one attached hydrogen (secondary N) is 1. The smallest absolute Gasteiger partial charge is 0.338 e. The van der Waals surface area contributed by atoms with Gasteiger partial charge in [0.1, 0.15) is 0 Å². The Morgan fingerprint density at radius 1 is 1.15 bits per heavy atom. The third-order valence-corrected chi connectivity index (χ3v) is 5.29. The van der Waals surface area contributed by atoms with E-state index in [0.717, 1.165) is 17.7 Å². The number of rotatable bonds is 7. The number of anilines is 1. The van der Waals surface area contributed by atoms with Crippen LogP contribution in [0.1, 0.15) is 43.9 Å². The number of benzene rings is 2. The fraction of sp³-hybridized carbons (Fsp3) is 0.273. The van der Waals surface area contributed by atoms with Crippen LogP contribution in [-0.4, -0.2) is 59.4 Å². The van der Waals surface area contributed by atoms with Crippen molar-refractivity contribution in [3.8, 4) is 0 Å². The zero-order chi connectivity index (χ0) is 23.5. The molecule has 0 aromatic heterocycles. The lowest BCUT2D eigenvalue weighted by atomic mass is 10.1. The SMILES string of the molecule is O=C(COC(=O)c1ccc2c(c1)C(=O)N(C[C@H]1CCCO1)C2=O)Nc1cccc([N+](=O)[O-])c1. The first kappa shape index (κ1) is 22.1. The molecule has 0 bridgehead atoms. The van der Waals surface area contributed by atoms with Crippen LogP contribution in [0.15, 0.2) is 42.5 Å². The lowest BCUT2D eigenvalue weighted by molar-refractivity contribution is -0.384. The van der Waals surface area contributed by atoms with Crippen molar-refractivity contribution >= 4 is 35.1 Å². The minimum Gasteiger partial charge on any atom is -0.452 e. The highest BCUT2D eigenvalue weighted by atomic mass is 16.6. The summed E-state index contributed by atoms with van der Waals surface area (Å²) in [6, 6.07) is 9.31. The van der Waals surface area contributed by atoms with Gasteiger partial charge in [-0.15, -0.1) is 0 Å². The standard InChI is InChI=1S/C22H19N3O8/c26-19(23-14-3-1-4-15(10-14)25(30)31)12-33-22(29)13-6-7-17-18(9-13)21(28)24(20(17)27)11-16-5-2-8-32-16/h1,3-4,6-7,9-10,16H,2,5,8,11-12H2,(H,23,26)/t16-/m1/s1. The van der Waals surface area contributed by atoms with Crippen LogP contribution in [0.25, 0.3) is 0 Å². The summed E-state index contributed by atoms with van der Waals surface area (Å²) in [7, 11) is 0. The number of nitrogens with zero attached hydrogens (tertiary/aromatic N) is 2. The quantitative estimate of drug-likeness (QED) is 0.291. The molecule has 2 heterocycles. The zero-order valence-electron chi connectivity index (χ0n) is 17.3. The molecule has 11 heteroatoms. The van der Waals surface area contributed by atoms with E-state index in [1.165, 1.54) is 42.5 Å². The maximum absolute atomic E-state index is 12.7. The topological polar surface area (TPSA) is 145 Å². The van der Waals surface area contributed by atoms with E-state index < -0.39 is 35.2 Å². The van der Waals surface area contributed by atoms with Gasteiger partial charge >= 0.3 is 5.97 Å². The number of hydrogen-bond donors (Lipinski definition) is 1. The second-order valence-electron chi connectivity index (χ2n) is 7.55. The summed E-state index contributed by atoms with van der Waals surface area (Å²) < 4.78 is 10.5. The molecule has 0 aliphatic carbocycles. The maximum Gasteiger partial charge on any atom is 0.338 e. The number of nitro benzene ring substituents is 1. The molecule has 1 atom stereocenters. The molecule has 1 saturated heterocycles. The van der Waals surface area contributed by atoms with Crippen molar-refractivity contribution in [3.63, 3.8) is 0 Å². The Bertz CT molecular complexity index is 1160. The minimum atomic E-state index is -0.857. The Hall–Kier alpha value is -4.12. The predicted octanol–water partition coefficient (Wildman–Crippen LogP) is 2.17. The number of fused-ring (bicyclic) bond motifs is 1. The van der Waals surface area contributed by atoms with Crippen molar-refractivity contribution in [1.82, 2.24) is 4.90 Å². The lowest BCUT2D eigenvalue weighted by Crippen LogP contribution is -2.36. The minimum absolute atomic E-state index is 0.0111. The first-order chi connectivity index (χ1) is 15.8. The Balaban J connectivity index is 1.37. The van der Waals surface area contributed by atoms with Crippen LogP contribution in [-0.2, 0) is 14.3 Å². The Morgan fingerprint density at radius 2 is 1.94 bits per heavy atom. The van der Waals surface area contributed by atoms with Crippen LogP contribution in [0.5, 0.6) is 0 Å². The molecule has 4 rings (SSSR count). The molecule has 1 fully saturated rings. The molecule has 3 amide bonds. The van der Waals surface area contributed by atoms with E-state index in [0.29, 0.717) is 6.61 Å². The van der Waals surface area contributed by atoms with Gasteiger partial charge in [0.25, 0.3) is 23.4 Å². The number of amides is 3. The van der Waals surface area contributed by atoms with Crippen LogP contribution in [0.3, 0.4) is 0 Å². The van der Waals surface area contributed by atoms with E-state index in [1.54, 1.807) is 0 Å². The van der Waals surface area contributed by atoms with E-state index in [1.807, 2.05) is 0 Å². The van der Waals surface area contributed by atoms with Crippen molar-refractivity contribution in [1.29, 1.82) is 0 Å². The molecule has 0 radical (unpaired) electrons. The van der Waals surface area contributed by atoms with Gasteiger partial charge in [0.05, 0.1) is 34.3 Å². The van der Waals surface area contributed by atoms with Crippen molar-refractivity contribution in [3.05, 3.63) is 69.3 Å². The van der Waals surface area contributed by atoms with Crippen molar-refractivity contribution in [2.75, 3.05) is 25.1 Å². The number of carbonyl (C=O) groups excluding carboxylic acids is 4. The average Bonchev–Trinajstić information content (AvgIpc) is 3.40.